The molecule has 0 amide bonds. The maximum absolute atomic E-state index is 14.3. The molecule has 0 radical (unpaired) electrons. The summed E-state index contributed by atoms with van der Waals surface area (Å²) in [5.74, 6) is -1.63. The summed E-state index contributed by atoms with van der Waals surface area (Å²) in [7, 11) is 1.51. The van der Waals surface area contributed by atoms with Crippen LogP contribution in [0.2, 0.25) is 0 Å². The van der Waals surface area contributed by atoms with Gasteiger partial charge in [0.1, 0.15) is 5.82 Å². The Morgan fingerprint density at radius 3 is 2.95 bits per heavy atom. The van der Waals surface area contributed by atoms with Gasteiger partial charge < -0.3 is 15.2 Å². The number of carboxylic acid groups (broad SMARTS) is 1. The van der Waals surface area contributed by atoms with Crippen LogP contribution in [-0.4, -0.2) is 24.7 Å². The molecule has 1 aliphatic rings. The number of rotatable bonds is 4. The summed E-state index contributed by atoms with van der Waals surface area (Å²) in [6.07, 6.45) is 0.398. The van der Waals surface area contributed by atoms with E-state index in [-0.39, 0.29) is 18.5 Å². The molecule has 1 aromatic carbocycles. The first-order valence-electron chi connectivity index (χ1n) is 5.96. The maximum atomic E-state index is 14.3. The van der Waals surface area contributed by atoms with Crippen LogP contribution in [0.5, 0.6) is 0 Å². The quantitative estimate of drug-likeness (QED) is 0.889. The van der Waals surface area contributed by atoms with Crippen molar-refractivity contribution in [2.24, 2.45) is 5.92 Å². The highest BCUT2D eigenvalue weighted by molar-refractivity contribution is 9.10. The van der Waals surface area contributed by atoms with E-state index in [4.69, 9.17) is 9.84 Å². The lowest BCUT2D eigenvalue weighted by molar-refractivity contribution is -0.141. The molecule has 2 N–H and O–H groups in total. The van der Waals surface area contributed by atoms with Gasteiger partial charge in [-0.25, -0.2) is 4.39 Å². The number of carboxylic acids is 1. The molecule has 0 bridgehead atoms. The van der Waals surface area contributed by atoms with Crippen LogP contribution < -0.4 is 5.32 Å². The predicted molar refractivity (Wildman–Crippen MR) is 71.3 cm³/mol. The lowest BCUT2D eigenvalue weighted by atomic mass is 9.98. The van der Waals surface area contributed by atoms with E-state index in [1.807, 2.05) is 0 Å². The number of benzene rings is 1. The average Bonchev–Trinajstić information content (AvgIpc) is 2.83. The van der Waals surface area contributed by atoms with Gasteiger partial charge in [0, 0.05) is 35.3 Å². The average molecular weight is 332 g/mol. The fourth-order valence-corrected chi connectivity index (χ4v) is 2.87. The highest BCUT2D eigenvalue weighted by Gasteiger charge is 2.32. The third kappa shape index (κ3) is 3.13. The number of carbonyl (C=O) groups is 1. The van der Waals surface area contributed by atoms with Crippen molar-refractivity contribution in [1.82, 2.24) is 5.32 Å². The zero-order chi connectivity index (χ0) is 14.0. The minimum atomic E-state index is -0.845. The Kier molecular flexibility index (Phi) is 4.54. The number of ether oxygens (including phenoxy) is 1. The molecule has 4 nitrogen and oxygen atoms in total. The third-order valence-electron chi connectivity index (χ3n) is 3.30. The number of hydrogen-bond donors (Lipinski definition) is 2. The fraction of sp³-hybridized carbons (Fsp3) is 0.462. The molecule has 19 heavy (non-hydrogen) atoms. The minimum Gasteiger partial charge on any atom is -0.481 e. The zero-order valence-electron chi connectivity index (χ0n) is 10.5. The van der Waals surface area contributed by atoms with Crippen molar-refractivity contribution >= 4 is 21.9 Å². The van der Waals surface area contributed by atoms with Crippen LogP contribution in [-0.2, 0) is 16.1 Å². The number of nitrogens with one attached hydrogen (secondary N) is 1. The minimum absolute atomic E-state index is 0.188. The highest BCUT2D eigenvalue weighted by atomic mass is 79.9. The molecule has 2 rings (SSSR count). The Labute approximate surface area is 119 Å². The Hall–Kier alpha value is -0.980. The molecule has 0 aliphatic carbocycles. The van der Waals surface area contributed by atoms with Gasteiger partial charge in [0.15, 0.2) is 0 Å². The largest absolute Gasteiger partial charge is 0.481 e. The molecule has 0 saturated carbocycles. The van der Waals surface area contributed by atoms with Gasteiger partial charge in [0.25, 0.3) is 0 Å². The second-order valence-electron chi connectivity index (χ2n) is 4.63. The molecule has 1 aliphatic heterocycles. The predicted octanol–water partition coefficient (Wildman–Crippen LogP) is 2.47. The first kappa shape index (κ1) is 14.4. The molecule has 2 unspecified atom stereocenters. The lowest BCUT2D eigenvalue weighted by Gasteiger charge is -2.15. The van der Waals surface area contributed by atoms with Gasteiger partial charge in [0.2, 0.25) is 0 Å². The van der Waals surface area contributed by atoms with Crippen molar-refractivity contribution in [2.75, 3.05) is 13.7 Å². The van der Waals surface area contributed by atoms with Gasteiger partial charge in [-0.15, -0.1) is 0 Å². The highest BCUT2D eigenvalue weighted by Crippen LogP contribution is 2.32. The van der Waals surface area contributed by atoms with Crippen LogP contribution >= 0.6 is 15.9 Å². The molecular formula is C13H15BrFNO3. The lowest BCUT2D eigenvalue weighted by Crippen LogP contribution is -2.18. The first-order chi connectivity index (χ1) is 9.02. The van der Waals surface area contributed by atoms with Gasteiger partial charge >= 0.3 is 5.97 Å². The zero-order valence-corrected chi connectivity index (χ0v) is 12.0. The molecule has 1 aromatic rings. The smallest absolute Gasteiger partial charge is 0.307 e. The molecule has 0 aromatic heterocycles. The Bertz CT molecular complexity index is 495. The standard InChI is InChI=1S/C13H15BrFNO3/c1-19-6-8-2-9(14)4-10(12(8)15)11-3-7(5-16-11)13(17)18/h2,4,7,11,16H,3,5-6H2,1H3,(H,17,18). The van der Waals surface area contributed by atoms with E-state index >= 15 is 0 Å². The number of halogens is 2. The van der Waals surface area contributed by atoms with Gasteiger partial charge in [-0.05, 0) is 18.6 Å². The van der Waals surface area contributed by atoms with E-state index in [1.54, 1.807) is 12.1 Å². The van der Waals surface area contributed by atoms with Crippen molar-refractivity contribution in [3.63, 3.8) is 0 Å². The molecule has 6 heteroatoms. The Morgan fingerprint density at radius 1 is 1.63 bits per heavy atom. The number of methoxy groups -OCH3 is 1. The van der Waals surface area contributed by atoms with Gasteiger partial charge in [-0.2, -0.15) is 0 Å². The summed E-state index contributed by atoms with van der Waals surface area (Å²) in [6.45, 7) is 0.554. The van der Waals surface area contributed by atoms with E-state index in [0.717, 1.165) is 4.47 Å². The van der Waals surface area contributed by atoms with Crippen molar-refractivity contribution in [2.45, 2.75) is 19.1 Å². The summed E-state index contributed by atoms with van der Waals surface area (Å²) >= 11 is 3.34. The molecule has 0 spiro atoms. The number of aliphatic carboxylic acids is 1. The van der Waals surface area contributed by atoms with Crippen LogP contribution in [0, 0.1) is 11.7 Å². The third-order valence-corrected chi connectivity index (χ3v) is 3.75. The van der Waals surface area contributed by atoms with Gasteiger partial charge in [0.05, 0.1) is 12.5 Å². The Morgan fingerprint density at radius 2 is 2.37 bits per heavy atom. The van der Waals surface area contributed by atoms with Crippen LogP contribution in [0.1, 0.15) is 23.6 Å². The van der Waals surface area contributed by atoms with E-state index < -0.39 is 11.9 Å². The van der Waals surface area contributed by atoms with Gasteiger partial charge in [-0.1, -0.05) is 15.9 Å². The molecule has 1 heterocycles. The van der Waals surface area contributed by atoms with E-state index in [9.17, 15) is 9.18 Å². The summed E-state index contributed by atoms with van der Waals surface area (Å²) in [5.41, 5.74) is 0.956. The summed E-state index contributed by atoms with van der Waals surface area (Å²) in [4.78, 5) is 10.9. The summed E-state index contributed by atoms with van der Waals surface area (Å²) in [5, 5.41) is 12.0. The van der Waals surface area contributed by atoms with Crippen molar-refractivity contribution in [3.8, 4) is 0 Å². The topological polar surface area (TPSA) is 58.6 Å². The van der Waals surface area contributed by atoms with Crippen molar-refractivity contribution in [3.05, 3.63) is 33.5 Å². The molecule has 104 valence electrons. The van der Waals surface area contributed by atoms with E-state index in [1.165, 1.54) is 7.11 Å². The van der Waals surface area contributed by atoms with Gasteiger partial charge in [-0.3, -0.25) is 4.79 Å². The Balaban J connectivity index is 2.27. The molecule has 1 fully saturated rings. The number of hydrogen-bond acceptors (Lipinski definition) is 3. The molecule has 2 atom stereocenters. The second-order valence-corrected chi connectivity index (χ2v) is 5.55. The summed E-state index contributed by atoms with van der Waals surface area (Å²) < 4.78 is 20.1. The summed E-state index contributed by atoms with van der Waals surface area (Å²) in [6, 6.07) is 3.09. The van der Waals surface area contributed by atoms with Crippen LogP contribution in [0.25, 0.3) is 0 Å². The normalized spacial score (nSPS) is 22.7. The molecular weight excluding hydrogens is 317 g/mol. The van der Waals surface area contributed by atoms with E-state index in [2.05, 4.69) is 21.2 Å². The van der Waals surface area contributed by atoms with Crippen molar-refractivity contribution in [1.29, 1.82) is 0 Å². The molecule has 1 saturated heterocycles. The monoisotopic (exact) mass is 331 g/mol. The van der Waals surface area contributed by atoms with Crippen LogP contribution in [0.15, 0.2) is 16.6 Å². The van der Waals surface area contributed by atoms with Crippen LogP contribution in [0.4, 0.5) is 4.39 Å². The van der Waals surface area contributed by atoms with Crippen molar-refractivity contribution < 1.29 is 19.0 Å². The maximum Gasteiger partial charge on any atom is 0.307 e. The van der Waals surface area contributed by atoms with E-state index in [0.29, 0.717) is 24.1 Å². The van der Waals surface area contributed by atoms with Crippen LogP contribution in [0.3, 0.4) is 0 Å². The first-order valence-corrected chi connectivity index (χ1v) is 6.75. The second kappa shape index (κ2) is 5.98. The fourth-order valence-electron chi connectivity index (χ4n) is 2.34. The SMILES string of the molecule is COCc1cc(Br)cc(C2CC(C(=O)O)CN2)c1F.